The number of hydrogen-bond acceptors (Lipinski definition) is 2. The van der Waals surface area contributed by atoms with E-state index in [-0.39, 0.29) is 11.9 Å². The summed E-state index contributed by atoms with van der Waals surface area (Å²) in [6.07, 6.45) is 3.69. The van der Waals surface area contributed by atoms with Crippen LogP contribution in [0.25, 0.3) is 10.9 Å². The van der Waals surface area contributed by atoms with Crippen LogP contribution in [0.15, 0.2) is 30.5 Å². The molecule has 0 saturated heterocycles. The first-order valence-corrected chi connectivity index (χ1v) is 6.62. The number of para-hydroxylation sites is 1. The van der Waals surface area contributed by atoms with Gasteiger partial charge in [-0.05, 0) is 12.5 Å². The summed E-state index contributed by atoms with van der Waals surface area (Å²) in [5.41, 5.74) is 1.67. The topological polar surface area (TPSA) is 54.1 Å². The van der Waals surface area contributed by atoms with E-state index >= 15 is 0 Å². The molecule has 102 valence electrons. The number of rotatable bonds is 6. The van der Waals surface area contributed by atoms with E-state index in [1.54, 1.807) is 13.3 Å². The Hall–Kier alpha value is -1.81. The van der Waals surface area contributed by atoms with Gasteiger partial charge in [0.2, 0.25) is 0 Å². The van der Waals surface area contributed by atoms with E-state index in [2.05, 4.69) is 17.2 Å². The van der Waals surface area contributed by atoms with Crippen LogP contribution in [0, 0.1) is 0 Å². The molecule has 1 unspecified atom stereocenters. The molecule has 4 heteroatoms. The SMILES string of the molecule is CCCC(COC)NC(=O)c1c[nH]c2ccccc12. The second-order valence-electron chi connectivity index (χ2n) is 4.66. The summed E-state index contributed by atoms with van der Waals surface area (Å²) < 4.78 is 5.14. The van der Waals surface area contributed by atoms with Crippen molar-refractivity contribution < 1.29 is 9.53 Å². The lowest BCUT2D eigenvalue weighted by atomic mass is 10.1. The van der Waals surface area contributed by atoms with Gasteiger partial charge in [0.05, 0.1) is 18.2 Å². The van der Waals surface area contributed by atoms with Gasteiger partial charge in [-0.25, -0.2) is 0 Å². The van der Waals surface area contributed by atoms with Crippen LogP contribution in [0.3, 0.4) is 0 Å². The molecule has 0 fully saturated rings. The molecular formula is C15H20N2O2. The van der Waals surface area contributed by atoms with E-state index in [1.807, 2.05) is 24.3 Å². The Morgan fingerprint density at radius 2 is 2.21 bits per heavy atom. The molecule has 0 aliphatic carbocycles. The van der Waals surface area contributed by atoms with Gasteiger partial charge in [-0.2, -0.15) is 0 Å². The number of hydrogen-bond donors (Lipinski definition) is 2. The maximum absolute atomic E-state index is 12.3. The zero-order valence-electron chi connectivity index (χ0n) is 11.4. The Balaban J connectivity index is 2.14. The fourth-order valence-electron chi connectivity index (χ4n) is 2.27. The largest absolute Gasteiger partial charge is 0.383 e. The van der Waals surface area contributed by atoms with Crippen LogP contribution in [-0.4, -0.2) is 30.6 Å². The smallest absolute Gasteiger partial charge is 0.253 e. The van der Waals surface area contributed by atoms with Gasteiger partial charge in [-0.1, -0.05) is 31.5 Å². The van der Waals surface area contributed by atoms with Crippen molar-refractivity contribution in [1.82, 2.24) is 10.3 Å². The maximum atomic E-state index is 12.3. The lowest BCUT2D eigenvalue weighted by Gasteiger charge is -2.16. The quantitative estimate of drug-likeness (QED) is 0.839. The summed E-state index contributed by atoms with van der Waals surface area (Å²) in [5, 5.41) is 3.98. The van der Waals surface area contributed by atoms with E-state index < -0.39 is 0 Å². The summed E-state index contributed by atoms with van der Waals surface area (Å²) in [4.78, 5) is 15.4. The molecule has 1 amide bonds. The second kappa shape index (κ2) is 6.38. The fraction of sp³-hybridized carbons (Fsp3) is 0.400. The molecule has 0 aliphatic heterocycles. The van der Waals surface area contributed by atoms with E-state index in [1.165, 1.54) is 0 Å². The van der Waals surface area contributed by atoms with Gasteiger partial charge < -0.3 is 15.0 Å². The summed E-state index contributed by atoms with van der Waals surface area (Å²) >= 11 is 0. The number of H-pyrrole nitrogens is 1. The highest BCUT2D eigenvalue weighted by atomic mass is 16.5. The van der Waals surface area contributed by atoms with Crippen LogP contribution >= 0.6 is 0 Å². The fourth-order valence-corrected chi connectivity index (χ4v) is 2.27. The number of fused-ring (bicyclic) bond motifs is 1. The molecule has 2 rings (SSSR count). The van der Waals surface area contributed by atoms with E-state index in [9.17, 15) is 4.79 Å². The minimum Gasteiger partial charge on any atom is -0.383 e. The van der Waals surface area contributed by atoms with Crippen molar-refractivity contribution in [3.8, 4) is 0 Å². The molecule has 1 aromatic carbocycles. The molecule has 1 aromatic heterocycles. The number of methoxy groups -OCH3 is 1. The highest BCUT2D eigenvalue weighted by Gasteiger charge is 2.15. The summed E-state index contributed by atoms with van der Waals surface area (Å²) in [5.74, 6) is -0.0482. The van der Waals surface area contributed by atoms with Crippen molar-refractivity contribution in [2.24, 2.45) is 0 Å². The third kappa shape index (κ3) is 3.15. The molecular weight excluding hydrogens is 240 g/mol. The van der Waals surface area contributed by atoms with Crippen LogP contribution in [0.4, 0.5) is 0 Å². The molecule has 2 N–H and O–H groups in total. The minimum absolute atomic E-state index is 0.0482. The van der Waals surface area contributed by atoms with Gasteiger partial charge in [-0.15, -0.1) is 0 Å². The average molecular weight is 260 g/mol. The molecule has 19 heavy (non-hydrogen) atoms. The van der Waals surface area contributed by atoms with E-state index in [0.29, 0.717) is 12.2 Å². The van der Waals surface area contributed by atoms with Crippen molar-refractivity contribution in [2.45, 2.75) is 25.8 Å². The van der Waals surface area contributed by atoms with Crippen molar-refractivity contribution >= 4 is 16.8 Å². The lowest BCUT2D eigenvalue weighted by Crippen LogP contribution is -2.37. The van der Waals surface area contributed by atoms with Crippen molar-refractivity contribution in [3.05, 3.63) is 36.0 Å². The highest BCUT2D eigenvalue weighted by molar-refractivity contribution is 6.06. The number of benzene rings is 1. The Labute approximate surface area is 113 Å². The van der Waals surface area contributed by atoms with Gasteiger partial charge in [0.1, 0.15) is 0 Å². The molecule has 0 saturated carbocycles. The predicted octanol–water partition coefficient (Wildman–Crippen LogP) is 2.71. The van der Waals surface area contributed by atoms with Crippen LogP contribution in [0.2, 0.25) is 0 Å². The molecule has 1 heterocycles. The normalized spacial score (nSPS) is 12.5. The van der Waals surface area contributed by atoms with Crippen LogP contribution in [0.1, 0.15) is 30.1 Å². The summed E-state index contributed by atoms with van der Waals surface area (Å²) in [6, 6.07) is 7.87. The highest BCUT2D eigenvalue weighted by Crippen LogP contribution is 2.17. The number of aromatic amines is 1. The standard InChI is InChI=1S/C15H20N2O2/c1-3-6-11(10-19-2)17-15(18)13-9-16-14-8-5-4-7-12(13)14/h4-5,7-9,11,16H,3,6,10H2,1-2H3,(H,17,18). The monoisotopic (exact) mass is 260 g/mol. The van der Waals surface area contributed by atoms with E-state index in [0.717, 1.165) is 23.7 Å². The van der Waals surface area contributed by atoms with E-state index in [4.69, 9.17) is 4.74 Å². The molecule has 1 atom stereocenters. The van der Waals surface area contributed by atoms with Crippen LogP contribution in [0.5, 0.6) is 0 Å². The minimum atomic E-state index is -0.0482. The number of amides is 1. The zero-order chi connectivity index (χ0) is 13.7. The Kier molecular flexibility index (Phi) is 4.58. The van der Waals surface area contributed by atoms with Gasteiger partial charge in [0, 0.05) is 24.2 Å². The van der Waals surface area contributed by atoms with Gasteiger partial charge in [0.15, 0.2) is 0 Å². The molecule has 0 radical (unpaired) electrons. The van der Waals surface area contributed by atoms with Crippen molar-refractivity contribution in [1.29, 1.82) is 0 Å². The molecule has 0 aliphatic rings. The molecule has 0 spiro atoms. The average Bonchev–Trinajstić information content (AvgIpc) is 2.83. The number of ether oxygens (including phenoxy) is 1. The van der Waals surface area contributed by atoms with Crippen molar-refractivity contribution in [3.63, 3.8) is 0 Å². The first-order chi connectivity index (χ1) is 9.26. The predicted molar refractivity (Wildman–Crippen MR) is 76.3 cm³/mol. The third-order valence-electron chi connectivity index (χ3n) is 3.17. The second-order valence-corrected chi connectivity index (χ2v) is 4.66. The van der Waals surface area contributed by atoms with Gasteiger partial charge in [0.25, 0.3) is 5.91 Å². The summed E-state index contributed by atoms with van der Waals surface area (Å²) in [6.45, 7) is 2.64. The van der Waals surface area contributed by atoms with Crippen molar-refractivity contribution in [2.75, 3.05) is 13.7 Å². The molecule has 0 bridgehead atoms. The number of carbonyl (C=O) groups excluding carboxylic acids is 1. The van der Waals surface area contributed by atoms with Crippen LogP contribution in [-0.2, 0) is 4.74 Å². The Morgan fingerprint density at radius 1 is 1.42 bits per heavy atom. The number of aromatic nitrogens is 1. The first kappa shape index (κ1) is 13.6. The Bertz CT molecular complexity index is 542. The lowest BCUT2D eigenvalue weighted by molar-refractivity contribution is 0.0893. The molecule has 4 nitrogen and oxygen atoms in total. The third-order valence-corrected chi connectivity index (χ3v) is 3.17. The number of carbonyl (C=O) groups is 1. The number of nitrogens with one attached hydrogen (secondary N) is 2. The Morgan fingerprint density at radius 3 is 2.95 bits per heavy atom. The van der Waals surface area contributed by atoms with Crippen LogP contribution < -0.4 is 5.32 Å². The summed E-state index contributed by atoms with van der Waals surface area (Å²) in [7, 11) is 1.65. The first-order valence-electron chi connectivity index (χ1n) is 6.62. The maximum Gasteiger partial charge on any atom is 0.253 e. The van der Waals surface area contributed by atoms with Gasteiger partial charge in [-0.3, -0.25) is 4.79 Å². The zero-order valence-corrected chi connectivity index (χ0v) is 11.4. The molecule has 2 aromatic rings. The van der Waals surface area contributed by atoms with Gasteiger partial charge >= 0.3 is 0 Å².